The van der Waals surface area contributed by atoms with Gasteiger partial charge in [-0.3, -0.25) is 9.59 Å². The van der Waals surface area contributed by atoms with E-state index in [1.54, 1.807) is 17.0 Å². The normalized spacial score (nSPS) is 17.0. The molecule has 1 saturated heterocycles. The van der Waals surface area contributed by atoms with Crippen LogP contribution in [-0.2, 0) is 9.53 Å². The number of hydrogen-bond acceptors (Lipinski definition) is 5. The maximum Gasteiger partial charge on any atom is 0.310 e. The zero-order valence-electron chi connectivity index (χ0n) is 11.7. The Kier molecular flexibility index (Phi) is 4.90. The van der Waals surface area contributed by atoms with Gasteiger partial charge in [0.25, 0.3) is 5.91 Å². The van der Waals surface area contributed by atoms with Crippen LogP contribution in [0.3, 0.4) is 0 Å². The van der Waals surface area contributed by atoms with Crippen LogP contribution in [0.25, 0.3) is 0 Å². The molecule has 1 aliphatic rings. The van der Waals surface area contributed by atoms with E-state index < -0.39 is 0 Å². The third-order valence-corrected chi connectivity index (χ3v) is 3.30. The molecule has 1 atom stereocenters. The highest BCUT2D eigenvalue weighted by Crippen LogP contribution is 2.19. The molecule has 1 unspecified atom stereocenters. The molecule has 0 spiro atoms. The standard InChI is InChI=1S/C15H16N2O4/c1-21-15(20)12-6-7-17(10-12)14(19)13-5-4-11(9-16-13)3-2-8-18/h4-5,9,12,18H,6-8,10H2,1H3. The van der Waals surface area contributed by atoms with Crippen LogP contribution in [0.5, 0.6) is 0 Å². The first kappa shape index (κ1) is 15.0. The zero-order chi connectivity index (χ0) is 15.2. The van der Waals surface area contributed by atoms with Crippen molar-refractivity contribution in [2.45, 2.75) is 6.42 Å². The highest BCUT2D eigenvalue weighted by molar-refractivity contribution is 5.93. The van der Waals surface area contributed by atoms with Gasteiger partial charge in [-0.05, 0) is 18.6 Å². The average Bonchev–Trinajstić information content (AvgIpc) is 3.02. The average molecular weight is 288 g/mol. The second-order valence-corrected chi connectivity index (χ2v) is 4.65. The number of likely N-dealkylation sites (tertiary alicyclic amines) is 1. The van der Waals surface area contributed by atoms with Crippen LogP contribution >= 0.6 is 0 Å². The second-order valence-electron chi connectivity index (χ2n) is 4.65. The van der Waals surface area contributed by atoms with Crippen molar-refractivity contribution >= 4 is 11.9 Å². The molecule has 1 amide bonds. The van der Waals surface area contributed by atoms with E-state index in [-0.39, 0.29) is 24.4 Å². The summed E-state index contributed by atoms with van der Waals surface area (Å²) in [5.74, 6) is 4.48. The van der Waals surface area contributed by atoms with Gasteiger partial charge in [0.2, 0.25) is 0 Å². The maximum atomic E-state index is 12.3. The lowest BCUT2D eigenvalue weighted by Gasteiger charge is -2.15. The minimum absolute atomic E-state index is 0.205. The molecule has 110 valence electrons. The SMILES string of the molecule is COC(=O)C1CCN(C(=O)c2ccc(C#CCO)cn2)C1. The van der Waals surface area contributed by atoms with Crippen LogP contribution in [0.4, 0.5) is 0 Å². The summed E-state index contributed by atoms with van der Waals surface area (Å²) in [4.78, 5) is 29.4. The summed E-state index contributed by atoms with van der Waals surface area (Å²) in [7, 11) is 1.35. The number of ether oxygens (including phenoxy) is 1. The van der Waals surface area contributed by atoms with Gasteiger partial charge < -0.3 is 14.7 Å². The third kappa shape index (κ3) is 3.58. The fourth-order valence-electron chi connectivity index (χ4n) is 2.20. The molecule has 6 heteroatoms. The van der Waals surface area contributed by atoms with Crippen molar-refractivity contribution in [1.29, 1.82) is 0 Å². The van der Waals surface area contributed by atoms with E-state index in [4.69, 9.17) is 9.84 Å². The fraction of sp³-hybridized carbons (Fsp3) is 0.400. The number of rotatable bonds is 2. The van der Waals surface area contributed by atoms with Crippen molar-refractivity contribution in [3.8, 4) is 11.8 Å². The summed E-state index contributed by atoms with van der Waals surface area (Å²) >= 11 is 0. The van der Waals surface area contributed by atoms with Crippen LogP contribution in [0.2, 0.25) is 0 Å². The van der Waals surface area contributed by atoms with Crippen molar-refractivity contribution in [3.63, 3.8) is 0 Å². The zero-order valence-corrected chi connectivity index (χ0v) is 11.7. The highest BCUT2D eigenvalue weighted by atomic mass is 16.5. The summed E-state index contributed by atoms with van der Waals surface area (Å²) in [6.07, 6.45) is 2.10. The number of pyridine rings is 1. The summed E-state index contributed by atoms with van der Waals surface area (Å²) in [5.41, 5.74) is 0.949. The maximum absolute atomic E-state index is 12.3. The Morgan fingerprint density at radius 1 is 1.52 bits per heavy atom. The summed E-state index contributed by atoms with van der Waals surface area (Å²) in [6, 6.07) is 3.27. The topological polar surface area (TPSA) is 79.7 Å². The smallest absolute Gasteiger partial charge is 0.310 e. The molecule has 1 fully saturated rings. The number of amides is 1. The van der Waals surface area contributed by atoms with Crippen LogP contribution in [-0.4, -0.2) is 53.7 Å². The Hall–Kier alpha value is -2.39. The van der Waals surface area contributed by atoms with Gasteiger partial charge in [-0.1, -0.05) is 11.8 Å². The lowest BCUT2D eigenvalue weighted by atomic mass is 10.1. The molecule has 0 saturated carbocycles. The quantitative estimate of drug-likeness (QED) is 0.615. The first-order chi connectivity index (χ1) is 10.2. The minimum Gasteiger partial charge on any atom is -0.469 e. The van der Waals surface area contributed by atoms with Crippen molar-refractivity contribution in [1.82, 2.24) is 9.88 Å². The number of esters is 1. The number of methoxy groups -OCH3 is 1. The largest absolute Gasteiger partial charge is 0.469 e. The summed E-state index contributed by atoms with van der Waals surface area (Å²) in [5, 5.41) is 8.61. The van der Waals surface area contributed by atoms with Crippen LogP contribution < -0.4 is 0 Å². The van der Waals surface area contributed by atoms with E-state index in [1.807, 2.05) is 0 Å². The summed E-state index contributed by atoms with van der Waals surface area (Å²) < 4.78 is 4.69. The number of carbonyl (C=O) groups excluding carboxylic acids is 2. The van der Waals surface area contributed by atoms with Crippen LogP contribution in [0.1, 0.15) is 22.5 Å². The summed E-state index contributed by atoms with van der Waals surface area (Å²) in [6.45, 7) is 0.662. The Morgan fingerprint density at radius 2 is 2.33 bits per heavy atom. The van der Waals surface area contributed by atoms with E-state index >= 15 is 0 Å². The van der Waals surface area contributed by atoms with Gasteiger partial charge in [0.15, 0.2) is 0 Å². The molecular weight excluding hydrogens is 272 g/mol. The molecule has 0 bridgehead atoms. The van der Waals surface area contributed by atoms with Gasteiger partial charge in [-0.25, -0.2) is 4.98 Å². The predicted octanol–water partition coefficient (Wildman–Crippen LogP) is 0.0605. The number of hydrogen-bond donors (Lipinski definition) is 1. The first-order valence-corrected chi connectivity index (χ1v) is 6.58. The Bertz CT molecular complexity index is 586. The van der Waals surface area contributed by atoms with Gasteiger partial charge in [0.1, 0.15) is 12.3 Å². The molecule has 0 aliphatic carbocycles. The fourth-order valence-corrected chi connectivity index (χ4v) is 2.20. The Balaban J connectivity index is 2.02. The highest BCUT2D eigenvalue weighted by Gasteiger charge is 2.32. The van der Waals surface area contributed by atoms with Crippen LogP contribution in [0, 0.1) is 17.8 Å². The van der Waals surface area contributed by atoms with Gasteiger partial charge in [-0.2, -0.15) is 0 Å². The van der Waals surface area contributed by atoms with Gasteiger partial charge >= 0.3 is 5.97 Å². The van der Waals surface area contributed by atoms with Crippen molar-refractivity contribution < 1.29 is 19.4 Å². The van der Waals surface area contributed by atoms with Gasteiger partial charge in [0.05, 0.1) is 13.0 Å². The first-order valence-electron chi connectivity index (χ1n) is 6.58. The van der Waals surface area contributed by atoms with E-state index in [1.165, 1.54) is 13.3 Å². The second kappa shape index (κ2) is 6.86. The molecule has 0 aromatic carbocycles. The minimum atomic E-state index is -0.284. The molecule has 1 N–H and O–H groups in total. The van der Waals surface area contributed by atoms with Gasteiger partial charge in [-0.15, -0.1) is 0 Å². The molecule has 6 nitrogen and oxygen atoms in total. The molecule has 21 heavy (non-hydrogen) atoms. The monoisotopic (exact) mass is 288 g/mol. The number of aliphatic hydroxyl groups excluding tert-OH is 1. The van der Waals surface area contributed by atoms with E-state index in [9.17, 15) is 9.59 Å². The Labute approximate surface area is 122 Å². The van der Waals surface area contributed by atoms with E-state index in [2.05, 4.69) is 16.8 Å². The van der Waals surface area contributed by atoms with E-state index in [0.29, 0.717) is 30.8 Å². The number of nitrogens with zero attached hydrogens (tertiary/aromatic N) is 2. The van der Waals surface area contributed by atoms with Crippen molar-refractivity contribution in [2.24, 2.45) is 5.92 Å². The lowest BCUT2D eigenvalue weighted by molar-refractivity contribution is -0.144. The third-order valence-electron chi connectivity index (χ3n) is 3.30. The predicted molar refractivity (Wildman–Crippen MR) is 74.2 cm³/mol. The number of aliphatic hydroxyl groups is 1. The molecule has 1 aromatic heterocycles. The molecule has 0 radical (unpaired) electrons. The van der Waals surface area contributed by atoms with Gasteiger partial charge in [0, 0.05) is 24.8 Å². The number of aromatic nitrogens is 1. The molecule has 1 aromatic rings. The van der Waals surface area contributed by atoms with E-state index in [0.717, 1.165) is 0 Å². The van der Waals surface area contributed by atoms with Crippen molar-refractivity contribution in [2.75, 3.05) is 26.8 Å². The number of carbonyl (C=O) groups is 2. The molecule has 2 rings (SSSR count). The Morgan fingerprint density at radius 3 is 2.95 bits per heavy atom. The lowest BCUT2D eigenvalue weighted by Crippen LogP contribution is -2.30. The van der Waals surface area contributed by atoms with Crippen molar-refractivity contribution in [3.05, 3.63) is 29.6 Å². The molecular formula is C15H16N2O4. The molecule has 2 heterocycles. The molecule has 1 aliphatic heterocycles. The van der Waals surface area contributed by atoms with Crippen LogP contribution in [0.15, 0.2) is 18.3 Å².